The Kier molecular flexibility index (Phi) is 5.60. The zero-order chi connectivity index (χ0) is 17.0. The van der Waals surface area contributed by atoms with Crippen LogP contribution in [0.1, 0.15) is 36.2 Å². The molecule has 1 atom stereocenters. The minimum absolute atomic E-state index is 0.0244. The Morgan fingerprint density at radius 3 is 2.74 bits per heavy atom. The molecular formula is C17H22N2O3S. The second-order valence-electron chi connectivity index (χ2n) is 5.58. The first kappa shape index (κ1) is 17.3. The van der Waals surface area contributed by atoms with E-state index >= 15 is 0 Å². The first-order valence-electron chi connectivity index (χ1n) is 7.51. The van der Waals surface area contributed by atoms with E-state index in [0.29, 0.717) is 6.54 Å². The molecule has 1 N–H and O–H groups in total. The molecule has 1 heterocycles. The zero-order valence-electron chi connectivity index (χ0n) is 13.9. The van der Waals surface area contributed by atoms with Crippen molar-refractivity contribution in [1.82, 2.24) is 9.88 Å². The topological polar surface area (TPSA) is 60.3 Å². The summed E-state index contributed by atoms with van der Waals surface area (Å²) in [7, 11) is 1.62. The molecule has 2 rings (SSSR count). The molecule has 0 saturated carbocycles. The number of methoxy groups -OCH3 is 1. The molecule has 23 heavy (non-hydrogen) atoms. The van der Waals surface area contributed by atoms with Crippen LogP contribution in [0.4, 0.5) is 0 Å². The molecule has 124 valence electrons. The number of benzene rings is 1. The highest BCUT2D eigenvalue weighted by Crippen LogP contribution is 2.26. The number of ether oxygens (including phenoxy) is 1. The number of hydrogen-bond donors (Lipinski definition) is 1. The lowest BCUT2D eigenvalue weighted by Crippen LogP contribution is -2.29. The fraction of sp³-hybridized carbons (Fsp3) is 0.412. The fourth-order valence-corrected chi connectivity index (χ4v) is 3.23. The molecule has 2 aromatic rings. The maximum absolute atomic E-state index is 12.2. The Hall–Kier alpha value is -2.08. The van der Waals surface area contributed by atoms with E-state index in [1.165, 1.54) is 0 Å². The predicted molar refractivity (Wildman–Crippen MR) is 92.2 cm³/mol. The third-order valence-electron chi connectivity index (χ3n) is 3.77. The van der Waals surface area contributed by atoms with Crippen LogP contribution in [0.2, 0.25) is 0 Å². The van der Waals surface area contributed by atoms with Crippen LogP contribution in [0.15, 0.2) is 28.4 Å². The third kappa shape index (κ3) is 4.22. The highest BCUT2D eigenvalue weighted by molar-refractivity contribution is 7.07. The number of nitrogens with one attached hydrogen (secondary N) is 1. The molecular weight excluding hydrogens is 312 g/mol. The highest BCUT2D eigenvalue weighted by Gasteiger charge is 2.15. The first-order chi connectivity index (χ1) is 10.9. The van der Waals surface area contributed by atoms with Crippen molar-refractivity contribution in [3.8, 4) is 5.75 Å². The van der Waals surface area contributed by atoms with Crippen LogP contribution in [0.5, 0.6) is 5.75 Å². The lowest BCUT2D eigenvalue weighted by atomic mass is 10.0. The third-order valence-corrected chi connectivity index (χ3v) is 4.65. The van der Waals surface area contributed by atoms with Crippen LogP contribution >= 0.6 is 11.3 Å². The second kappa shape index (κ2) is 7.46. The van der Waals surface area contributed by atoms with E-state index in [-0.39, 0.29) is 23.2 Å². The smallest absolute Gasteiger partial charge is 0.307 e. The zero-order valence-corrected chi connectivity index (χ0v) is 14.7. The fourth-order valence-electron chi connectivity index (χ4n) is 2.47. The van der Waals surface area contributed by atoms with Gasteiger partial charge in [0.1, 0.15) is 5.75 Å². The molecule has 0 unspecified atom stereocenters. The standard InChI is InChI=1S/C17H22N2O3S/c1-11-5-6-15(22-4)14(9-11)13(3)18-16(20)7-8-19-12(2)10-23-17(19)21/h5-6,9-10,13H,7-8H2,1-4H3,(H,18,20)/t13-/m0/s1. The van der Waals surface area contributed by atoms with Crippen molar-refractivity contribution in [1.29, 1.82) is 0 Å². The van der Waals surface area contributed by atoms with Gasteiger partial charge in [0.15, 0.2) is 0 Å². The molecule has 0 saturated heterocycles. The lowest BCUT2D eigenvalue weighted by Gasteiger charge is -2.18. The Labute approximate surface area is 139 Å². The SMILES string of the molecule is COc1ccc(C)cc1[C@H](C)NC(=O)CCn1c(C)csc1=O. The molecule has 1 aromatic heterocycles. The summed E-state index contributed by atoms with van der Waals surface area (Å²) in [5.74, 6) is 0.673. The van der Waals surface area contributed by atoms with Crippen LogP contribution in [0.25, 0.3) is 0 Å². The van der Waals surface area contributed by atoms with Gasteiger partial charge >= 0.3 is 4.87 Å². The number of carbonyl (C=O) groups excluding carboxylic acids is 1. The van der Waals surface area contributed by atoms with Crippen LogP contribution in [-0.2, 0) is 11.3 Å². The van der Waals surface area contributed by atoms with Gasteiger partial charge in [-0.05, 0) is 26.8 Å². The molecule has 5 nitrogen and oxygen atoms in total. The molecule has 1 amide bonds. The van der Waals surface area contributed by atoms with E-state index in [1.807, 2.05) is 39.0 Å². The largest absolute Gasteiger partial charge is 0.496 e. The molecule has 0 aliphatic rings. The minimum atomic E-state index is -0.155. The molecule has 0 aliphatic heterocycles. The first-order valence-corrected chi connectivity index (χ1v) is 8.39. The summed E-state index contributed by atoms with van der Waals surface area (Å²) >= 11 is 1.16. The molecule has 0 radical (unpaired) electrons. The second-order valence-corrected chi connectivity index (χ2v) is 6.40. The van der Waals surface area contributed by atoms with Gasteiger partial charge in [-0.15, -0.1) is 0 Å². The Balaban J connectivity index is 2.00. The van der Waals surface area contributed by atoms with Crippen LogP contribution < -0.4 is 14.9 Å². The van der Waals surface area contributed by atoms with Crippen molar-refractivity contribution in [2.24, 2.45) is 0 Å². The number of amides is 1. The van der Waals surface area contributed by atoms with E-state index in [1.54, 1.807) is 17.1 Å². The van der Waals surface area contributed by atoms with E-state index < -0.39 is 0 Å². The average Bonchev–Trinajstić information content (AvgIpc) is 2.83. The van der Waals surface area contributed by atoms with Gasteiger partial charge < -0.3 is 14.6 Å². The van der Waals surface area contributed by atoms with Crippen molar-refractivity contribution in [3.63, 3.8) is 0 Å². The van der Waals surface area contributed by atoms with Crippen LogP contribution in [0, 0.1) is 13.8 Å². The summed E-state index contributed by atoms with van der Waals surface area (Å²) in [6.07, 6.45) is 0.274. The number of hydrogen-bond acceptors (Lipinski definition) is 4. The van der Waals surface area contributed by atoms with E-state index in [2.05, 4.69) is 5.32 Å². The Bertz CT molecular complexity index is 749. The number of thiazole rings is 1. The Morgan fingerprint density at radius 2 is 2.13 bits per heavy atom. The lowest BCUT2D eigenvalue weighted by molar-refractivity contribution is -0.121. The molecule has 0 fully saturated rings. The van der Waals surface area contributed by atoms with Crippen molar-refractivity contribution in [3.05, 3.63) is 50.1 Å². The summed E-state index contributed by atoms with van der Waals surface area (Å²) in [4.78, 5) is 23.8. The van der Waals surface area contributed by atoms with Gasteiger partial charge in [0.25, 0.3) is 0 Å². The summed E-state index contributed by atoms with van der Waals surface area (Å²) < 4.78 is 6.99. The summed E-state index contributed by atoms with van der Waals surface area (Å²) in [6.45, 7) is 6.20. The van der Waals surface area contributed by atoms with Crippen molar-refractivity contribution >= 4 is 17.2 Å². The van der Waals surface area contributed by atoms with Gasteiger partial charge in [-0.2, -0.15) is 0 Å². The van der Waals surface area contributed by atoms with Gasteiger partial charge in [0.05, 0.1) is 13.2 Å². The van der Waals surface area contributed by atoms with Gasteiger partial charge in [0, 0.05) is 29.6 Å². The number of aryl methyl sites for hydroxylation is 2. The van der Waals surface area contributed by atoms with E-state index in [0.717, 1.165) is 33.9 Å². The molecule has 6 heteroatoms. The average molecular weight is 334 g/mol. The summed E-state index contributed by atoms with van der Waals surface area (Å²) in [6, 6.07) is 5.74. The van der Waals surface area contributed by atoms with Gasteiger partial charge in [-0.3, -0.25) is 9.59 Å². The monoisotopic (exact) mass is 334 g/mol. The van der Waals surface area contributed by atoms with Crippen molar-refractivity contribution in [2.75, 3.05) is 7.11 Å². The summed E-state index contributed by atoms with van der Waals surface area (Å²) in [5.41, 5.74) is 2.95. The molecule has 0 bridgehead atoms. The predicted octanol–water partition coefficient (Wildman–Crippen LogP) is 2.80. The van der Waals surface area contributed by atoms with Gasteiger partial charge in [-0.1, -0.05) is 29.0 Å². The number of nitrogens with zero attached hydrogens (tertiary/aromatic N) is 1. The normalized spacial score (nSPS) is 12.0. The van der Waals surface area contributed by atoms with Crippen molar-refractivity contribution < 1.29 is 9.53 Å². The van der Waals surface area contributed by atoms with E-state index in [4.69, 9.17) is 4.74 Å². The van der Waals surface area contributed by atoms with Crippen LogP contribution in [-0.4, -0.2) is 17.6 Å². The minimum Gasteiger partial charge on any atom is -0.496 e. The van der Waals surface area contributed by atoms with Crippen molar-refractivity contribution in [2.45, 2.75) is 39.8 Å². The highest BCUT2D eigenvalue weighted by atomic mass is 32.1. The molecule has 1 aromatic carbocycles. The number of carbonyl (C=O) groups is 1. The molecule has 0 aliphatic carbocycles. The van der Waals surface area contributed by atoms with Gasteiger partial charge in [0.2, 0.25) is 5.91 Å². The maximum atomic E-state index is 12.2. The van der Waals surface area contributed by atoms with Crippen LogP contribution in [0.3, 0.4) is 0 Å². The quantitative estimate of drug-likeness (QED) is 0.884. The number of rotatable bonds is 6. The summed E-state index contributed by atoms with van der Waals surface area (Å²) in [5, 5.41) is 4.77. The molecule has 0 spiro atoms. The maximum Gasteiger partial charge on any atom is 0.307 e. The number of aromatic nitrogens is 1. The van der Waals surface area contributed by atoms with Gasteiger partial charge in [-0.25, -0.2) is 0 Å². The Morgan fingerprint density at radius 1 is 1.39 bits per heavy atom. The van der Waals surface area contributed by atoms with E-state index in [9.17, 15) is 9.59 Å².